The van der Waals surface area contributed by atoms with Crippen molar-refractivity contribution in [3.05, 3.63) is 41.1 Å². The third-order valence-corrected chi connectivity index (χ3v) is 7.43. The Hall–Kier alpha value is -2.83. The van der Waals surface area contributed by atoms with Crippen LogP contribution in [0.2, 0.25) is 0 Å². The molecule has 1 aromatic carbocycles. The van der Waals surface area contributed by atoms with Crippen LogP contribution in [0.25, 0.3) is 0 Å². The molecule has 1 amide bonds. The van der Waals surface area contributed by atoms with Gasteiger partial charge in [0.05, 0.1) is 30.1 Å². The molecule has 3 aliphatic heterocycles. The zero-order valence-corrected chi connectivity index (χ0v) is 17.4. The second-order valence-corrected chi connectivity index (χ2v) is 8.85. The summed E-state index contributed by atoms with van der Waals surface area (Å²) in [5.74, 6) is -1.12. The minimum atomic E-state index is -0.493. The third kappa shape index (κ3) is 2.41. The van der Waals surface area contributed by atoms with Crippen LogP contribution in [-0.4, -0.2) is 48.5 Å². The standard InChI is InChI=1S/C23H26N2O5/c1-12-18(30-13(2)26)11-14-10-15(22(28)29-3)19-23(8-9-25(20(14)23)21(12)27)16-6-4-5-7-17(16)24-19/h4-7,12,14,18,20,24H,8-11H2,1-3H3/t12-,14-,18+,20+,23+/m0/s1. The van der Waals surface area contributed by atoms with Crippen molar-refractivity contribution in [1.82, 2.24) is 4.90 Å². The monoisotopic (exact) mass is 410 g/mol. The van der Waals surface area contributed by atoms with E-state index in [1.807, 2.05) is 30.0 Å². The molecule has 2 fully saturated rings. The minimum absolute atomic E-state index is 0.00319. The van der Waals surface area contributed by atoms with Crippen LogP contribution in [-0.2, 0) is 29.3 Å². The van der Waals surface area contributed by atoms with Gasteiger partial charge in [-0.3, -0.25) is 9.59 Å². The maximum atomic E-state index is 13.4. The van der Waals surface area contributed by atoms with E-state index in [2.05, 4.69) is 11.4 Å². The first-order valence-electron chi connectivity index (χ1n) is 10.5. The lowest BCUT2D eigenvalue weighted by Gasteiger charge is -2.44. The number of nitrogens with zero attached hydrogens (tertiary/aromatic N) is 1. The van der Waals surface area contributed by atoms with Gasteiger partial charge in [-0.15, -0.1) is 0 Å². The summed E-state index contributed by atoms with van der Waals surface area (Å²) in [6.07, 6.45) is 1.30. The Bertz CT molecular complexity index is 986. The van der Waals surface area contributed by atoms with Gasteiger partial charge in [0.1, 0.15) is 6.10 Å². The molecule has 7 heteroatoms. The molecule has 5 atom stereocenters. The van der Waals surface area contributed by atoms with E-state index in [4.69, 9.17) is 9.47 Å². The molecule has 2 saturated heterocycles. The molecule has 0 bridgehead atoms. The van der Waals surface area contributed by atoms with Gasteiger partial charge in [-0.05, 0) is 36.8 Å². The lowest BCUT2D eigenvalue weighted by Crippen LogP contribution is -2.52. The Kier molecular flexibility index (Phi) is 4.21. The van der Waals surface area contributed by atoms with Crippen LogP contribution in [0.4, 0.5) is 5.69 Å². The van der Waals surface area contributed by atoms with Crippen LogP contribution in [0.5, 0.6) is 0 Å². The number of esters is 2. The quantitative estimate of drug-likeness (QED) is 0.754. The summed E-state index contributed by atoms with van der Waals surface area (Å²) in [5, 5.41) is 3.50. The van der Waals surface area contributed by atoms with Gasteiger partial charge in [0.25, 0.3) is 0 Å². The normalized spacial score (nSPS) is 33.8. The van der Waals surface area contributed by atoms with Crippen molar-refractivity contribution in [3.8, 4) is 0 Å². The van der Waals surface area contributed by atoms with Crippen molar-refractivity contribution in [2.24, 2.45) is 11.8 Å². The van der Waals surface area contributed by atoms with Crippen molar-refractivity contribution in [1.29, 1.82) is 0 Å². The van der Waals surface area contributed by atoms with Crippen molar-refractivity contribution in [3.63, 3.8) is 0 Å². The number of carbonyl (C=O) groups is 3. The fourth-order valence-electron chi connectivity index (χ4n) is 6.31. The van der Waals surface area contributed by atoms with Crippen molar-refractivity contribution in [2.75, 3.05) is 19.0 Å². The number of fused-ring (bicyclic) bond motifs is 1. The van der Waals surface area contributed by atoms with E-state index in [9.17, 15) is 14.4 Å². The lowest BCUT2D eigenvalue weighted by molar-refractivity contribution is -0.152. The van der Waals surface area contributed by atoms with E-state index >= 15 is 0 Å². The fraction of sp³-hybridized carbons (Fsp3) is 0.522. The highest BCUT2D eigenvalue weighted by atomic mass is 16.5. The van der Waals surface area contributed by atoms with Crippen molar-refractivity contribution >= 4 is 23.5 Å². The zero-order valence-electron chi connectivity index (χ0n) is 17.4. The Morgan fingerprint density at radius 3 is 2.77 bits per heavy atom. The Morgan fingerprint density at radius 2 is 2.03 bits per heavy atom. The van der Waals surface area contributed by atoms with Gasteiger partial charge in [0, 0.05) is 24.9 Å². The summed E-state index contributed by atoms with van der Waals surface area (Å²) in [6, 6.07) is 8.01. The molecule has 7 nitrogen and oxygen atoms in total. The maximum Gasteiger partial charge on any atom is 0.335 e. The van der Waals surface area contributed by atoms with Crippen LogP contribution >= 0.6 is 0 Å². The fourth-order valence-corrected chi connectivity index (χ4v) is 6.31. The van der Waals surface area contributed by atoms with E-state index in [1.54, 1.807) is 0 Å². The molecule has 0 radical (unpaired) electrons. The Morgan fingerprint density at radius 1 is 1.27 bits per heavy atom. The number of hydrogen-bond donors (Lipinski definition) is 1. The van der Waals surface area contributed by atoms with E-state index < -0.39 is 17.4 Å². The van der Waals surface area contributed by atoms with Crippen molar-refractivity contribution in [2.45, 2.75) is 50.7 Å². The second-order valence-electron chi connectivity index (χ2n) is 8.85. The van der Waals surface area contributed by atoms with Crippen LogP contribution in [0.1, 0.15) is 38.7 Å². The van der Waals surface area contributed by atoms with Gasteiger partial charge in [0.15, 0.2) is 0 Å². The highest BCUT2D eigenvalue weighted by Crippen LogP contribution is 2.60. The van der Waals surface area contributed by atoms with E-state index in [0.717, 1.165) is 23.4 Å². The number of rotatable bonds is 2. The number of amides is 1. The molecule has 30 heavy (non-hydrogen) atoms. The predicted molar refractivity (Wildman–Crippen MR) is 108 cm³/mol. The summed E-state index contributed by atoms with van der Waals surface area (Å²) in [7, 11) is 1.40. The van der Waals surface area contributed by atoms with Gasteiger partial charge in [-0.25, -0.2) is 4.79 Å². The van der Waals surface area contributed by atoms with E-state index in [1.165, 1.54) is 14.0 Å². The summed E-state index contributed by atoms with van der Waals surface area (Å²) < 4.78 is 10.7. The maximum absolute atomic E-state index is 13.4. The summed E-state index contributed by atoms with van der Waals surface area (Å²) >= 11 is 0. The summed E-state index contributed by atoms with van der Waals surface area (Å²) in [4.78, 5) is 39.9. The number of nitrogens with one attached hydrogen (secondary N) is 1. The summed E-state index contributed by atoms with van der Waals surface area (Å²) in [6.45, 7) is 3.83. The van der Waals surface area contributed by atoms with Gasteiger partial charge in [-0.1, -0.05) is 25.1 Å². The zero-order chi connectivity index (χ0) is 21.2. The molecule has 0 aromatic heterocycles. The first-order valence-corrected chi connectivity index (χ1v) is 10.5. The molecule has 0 unspecified atom stereocenters. The highest BCUT2D eigenvalue weighted by molar-refractivity contribution is 5.93. The number of carbonyl (C=O) groups excluding carboxylic acids is 3. The predicted octanol–water partition coefficient (Wildman–Crippen LogP) is 2.37. The molecule has 1 aromatic rings. The molecule has 5 rings (SSSR count). The SMILES string of the molecule is COC(=O)C1=C2Nc3ccccc3[C@]23CCN2C(=O)[C@@H](C)[C@H](OC(C)=O)C[C@H](C1)[C@@H]23. The number of methoxy groups -OCH3 is 1. The van der Waals surface area contributed by atoms with E-state index in [0.29, 0.717) is 25.0 Å². The van der Waals surface area contributed by atoms with Crippen LogP contribution in [0.15, 0.2) is 35.5 Å². The summed E-state index contributed by atoms with van der Waals surface area (Å²) in [5.41, 5.74) is 3.18. The van der Waals surface area contributed by atoms with Crippen LogP contribution in [0.3, 0.4) is 0 Å². The number of para-hydroxylation sites is 1. The molecule has 1 aliphatic carbocycles. The molecule has 3 heterocycles. The molecule has 4 aliphatic rings. The Labute approximate surface area is 175 Å². The second kappa shape index (κ2) is 6.59. The molecule has 158 valence electrons. The Balaban J connectivity index is 1.70. The van der Waals surface area contributed by atoms with Gasteiger partial charge in [-0.2, -0.15) is 0 Å². The number of anilines is 1. The average Bonchev–Trinajstić information content (AvgIpc) is 3.27. The molecular weight excluding hydrogens is 384 g/mol. The highest BCUT2D eigenvalue weighted by Gasteiger charge is 2.63. The number of hydrogen-bond acceptors (Lipinski definition) is 6. The third-order valence-electron chi connectivity index (χ3n) is 7.43. The average molecular weight is 410 g/mol. The molecule has 1 N–H and O–H groups in total. The molecule has 0 saturated carbocycles. The van der Waals surface area contributed by atoms with Gasteiger partial charge >= 0.3 is 11.9 Å². The smallest absolute Gasteiger partial charge is 0.335 e. The van der Waals surface area contributed by atoms with Crippen molar-refractivity contribution < 1.29 is 23.9 Å². The van der Waals surface area contributed by atoms with E-state index in [-0.39, 0.29) is 29.8 Å². The topological polar surface area (TPSA) is 84.9 Å². The first kappa shape index (κ1) is 19.2. The van der Waals surface area contributed by atoms with Crippen LogP contribution < -0.4 is 5.32 Å². The minimum Gasteiger partial charge on any atom is -0.466 e. The number of benzene rings is 1. The molecular formula is C23H26N2O5. The van der Waals surface area contributed by atoms with Gasteiger partial charge in [0.2, 0.25) is 5.91 Å². The number of ether oxygens (including phenoxy) is 2. The molecule has 1 spiro atoms. The largest absolute Gasteiger partial charge is 0.466 e. The van der Waals surface area contributed by atoms with Crippen LogP contribution in [0, 0.1) is 11.8 Å². The first-order chi connectivity index (χ1) is 14.4. The van der Waals surface area contributed by atoms with Gasteiger partial charge < -0.3 is 19.7 Å². The lowest BCUT2D eigenvalue weighted by atomic mass is 9.62.